The van der Waals surface area contributed by atoms with Gasteiger partial charge in [0.05, 0.1) is 0 Å². The zero-order chi connectivity index (χ0) is 14.9. The molecule has 1 atom stereocenters. The molecule has 112 valence electrons. The van der Waals surface area contributed by atoms with Crippen LogP contribution in [-0.2, 0) is 0 Å². The van der Waals surface area contributed by atoms with E-state index in [-0.39, 0.29) is 0 Å². The van der Waals surface area contributed by atoms with Crippen LogP contribution in [0.4, 0.5) is 0 Å². The molecule has 0 aliphatic heterocycles. The van der Waals surface area contributed by atoms with Crippen LogP contribution < -0.4 is 5.32 Å². The molecule has 0 saturated heterocycles. The molecule has 0 saturated carbocycles. The molecule has 0 heterocycles. The Hall–Kier alpha value is -1.25. The summed E-state index contributed by atoms with van der Waals surface area (Å²) in [6.07, 6.45) is 1.21. The van der Waals surface area contributed by atoms with Crippen LogP contribution in [0.3, 0.4) is 0 Å². The van der Waals surface area contributed by atoms with Gasteiger partial charge < -0.3 is 5.32 Å². The van der Waals surface area contributed by atoms with E-state index in [4.69, 9.17) is 0 Å². The van der Waals surface area contributed by atoms with E-state index in [1.54, 1.807) is 0 Å². The predicted octanol–water partition coefficient (Wildman–Crippen LogP) is 4.87. The van der Waals surface area contributed by atoms with Crippen molar-refractivity contribution in [1.82, 2.24) is 5.32 Å². The first-order valence-electron chi connectivity index (χ1n) is 7.75. The van der Waals surface area contributed by atoms with Crippen molar-refractivity contribution >= 4 is 11.8 Å². The molecule has 21 heavy (non-hydrogen) atoms. The molecule has 2 aromatic carbocycles. The third-order valence-corrected chi connectivity index (χ3v) is 4.79. The average Bonchev–Trinajstić information content (AvgIpc) is 2.52. The number of benzene rings is 2. The number of rotatable bonds is 8. The SMILES string of the molecule is CCNCC(CCSc1ccccc1)c1ccccc1C. The molecular weight excluding hydrogens is 274 g/mol. The lowest BCUT2D eigenvalue weighted by Gasteiger charge is -2.19. The lowest BCUT2D eigenvalue weighted by molar-refractivity contribution is 0.585. The smallest absolute Gasteiger partial charge is 0.00719 e. The molecule has 1 nitrogen and oxygen atoms in total. The van der Waals surface area contributed by atoms with Gasteiger partial charge in [-0.3, -0.25) is 0 Å². The van der Waals surface area contributed by atoms with Gasteiger partial charge in [0.15, 0.2) is 0 Å². The first kappa shape index (κ1) is 16.1. The molecule has 2 rings (SSSR count). The maximum absolute atomic E-state index is 3.51. The fourth-order valence-electron chi connectivity index (χ4n) is 2.57. The first-order chi connectivity index (χ1) is 10.3. The van der Waals surface area contributed by atoms with Crippen molar-refractivity contribution in [3.8, 4) is 0 Å². The molecule has 2 heteroatoms. The van der Waals surface area contributed by atoms with Gasteiger partial charge in [0.25, 0.3) is 0 Å². The van der Waals surface area contributed by atoms with Gasteiger partial charge in [-0.2, -0.15) is 0 Å². The monoisotopic (exact) mass is 299 g/mol. The summed E-state index contributed by atoms with van der Waals surface area (Å²) in [6, 6.07) is 19.5. The molecular formula is C19H25NS. The fraction of sp³-hybridized carbons (Fsp3) is 0.368. The van der Waals surface area contributed by atoms with Gasteiger partial charge in [-0.25, -0.2) is 0 Å². The van der Waals surface area contributed by atoms with Crippen LogP contribution in [0.5, 0.6) is 0 Å². The number of hydrogen-bond acceptors (Lipinski definition) is 2. The zero-order valence-electron chi connectivity index (χ0n) is 13.0. The van der Waals surface area contributed by atoms with E-state index in [0.29, 0.717) is 5.92 Å². The standard InChI is InChI=1S/C19H25NS/c1-3-20-15-17(19-12-8-7-9-16(19)2)13-14-21-18-10-5-4-6-11-18/h4-12,17,20H,3,13-15H2,1-2H3. The van der Waals surface area contributed by atoms with Crippen LogP contribution in [0.25, 0.3) is 0 Å². The van der Waals surface area contributed by atoms with Gasteiger partial charge in [-0.1, -0.05) is 49.4 Å². The second-order valence-electron chi connectivity index (χ2n) is 5.31. The van der Waals surface area contributed by atoms with Crippen molar-refractivity contribution in [2.24, 2.45) is 0 Å². The average molecular weight is 299 g/mol. The minimum atomic E-state index is 0.599. The molecule has 1 unspecified atom stereocenters. The topological polar surface area (TPSA) is 12.0 Å². The van der Waals surface area contributed by atoms with E-state index >= 15 is 0 Å². The summed E-state index contributed by atoms with van der Waals surface area (Å²) in [7, 11) is 0. The largest absolute Gasteiger partial charge is 0.316 e. The van der Waals surface area contributed by atoms with E-state index in [2.05, 4.69) is 73.8 Å². The number of nitrogens with one attached hydrogen (secondary N) is 1. The predicted molar refractivity (Wildman–Crippen MR) is 94.2 cm³/mol. The van der Waals surface area contributed by atoms with E-state index in [0.717, 1.165) is 18.8 Å². The van der Waals surface area contributed by atoms with Crippen LogP contribution in [0, 0.1) is 6.92 Å². The van der Waals surface area contributed by atoms with Crippen LogP contribution in [-0.4, -0.2) is 18.8 Å². The Labute approximate surface area is 133 Å². The van der Waals surface area contributed by atoms with Crippen molar-refractivity contribution in [3.05, 3.63) is 65.7 Å². The molecule has 0 aliphatic carbocycles. The highest BCUT2D eigenvalue weighted by Gasteiger charge is 2.13. The Morgan fingerprint density at radius 2 is 1.71 bits per heavy atom. The van der Waals surface area contributed by atoms with Gasteiger partial charge in [0.1, 0.15) is 0 Å². The Morgan fingerprint density at radius 3 is 2.43 bits per heavy atom. The van der Waals surface area contributed by atoms with Crippen molar-refractivity contribution < 1.29 is 0 Å². The molecule has 0 aliphatic rings. The van der Waals surface area contributed by atoms with Crippen molar-refractivity contribution in [1.29, 1.82) is 0 Å². The Kier molecular flexibility index (Phi) is 6.84. The third kappa shape index (κ3) is 5.22. The van der Waals surface area contributed by atoms with Gasteiger partial charge >= 0.3 is 0 Å². The van der Waals surface area contributed by atoms with Gasteiger partial charge in [-0.05, 0) is 54.8 Å². The number of likely N-dealkylation sites (N-methyl/N-ethyl adjacent to an activating group) is 1. The summed E-state index contributed by atoms with van der Waals surface area (Å²) in [5.41, 5.74) is 2.90. The quantitative estimate of drug-likeness (QED) is 0.698. The zero-order valence-corrected chi connectivity index (χ0v) is 13.8. The second-order valence-corrected chi connectivity index (χ2v) is 6.48. The van der Waals surface area contributed by atoms with E-state index < -0.39 is 0 Å². The second kappa shape index (κ2) is 8.91. The Bertz CT molecular complexity index is 524. The van der Waals surface area contributed by atoms with Crippen molar-refractivity contribution in [2.75, 3.05) is 18.8 Å². The summed E-state index contributed by atoms with van der Waals surface area (Å²) in [5.74, 6) is 1.76. The van der Waals surface area contributed by atoms with Crippen LogP contribution in [0.15, 0.2) is 59.5 Å². The molecule has 1 N–H and O–H groups in total. The summed E-state index contributed by atoms with van der Waals surface area (Å²) in [5, 5.41) is 3.51. The molecule has 0 aromatic heterocycles. The highest BCUT2D eigenvalue weighted by molar-refractivity contribution is 7.99. The van der Waals surface area contributed by atoms with Gasteiger partial charge in [-0.15, -0.1) is 11.8 Å². The molecule has 0 fully saturated rings. The lowest BCUT2D eigenvalue weighted by atomic mass is 9.92. The summed E-state index contributed by atoms with van der Waals surface area (Å²) in [6.45, 7) is 6.50. The fourth-order valence-corrected chi connectivity index (χ4v) is 3.55. The summed E-state index contributed by atoms with van der Waals surface area (Å²) < 4.78 is 0. The van der Waals surface area contributed by atoms with Gasteiger partial charge in [0, 0.05) is 11.4 Å². The Morgan fingerprint density at radius 1 is 1.00 bits per heavy atom. The van der Waals surface area contributed by atoms with E-state index in [1.807, 2.05) is 11.8 Å². The van der Waals surface area contributed by atoms with E-state index in [9.17, 15) is 0 Å². The van der Waals surface area contributed by atoms with Crippen LogP contribution in [0.1, 0.15) is 30.4 Å². The van der Waals surface area contributed by atoms with Crippen molar-refractivity contribution in [2.45, 2.75) is 31.1 Å². The molecule has 2 aromatic rings. The third-order valence-electron chi connectivity index (χ3n) is 3.75. The Balaban J connectivity index is 1.95. The lowest BCUT2D eigenvalue weighted by Crippen LogP contribution is -2.22. The summed E-state index contributed by atoms with van der Waals surface area (Å²) in [4.78, 5) is 1.37. The molecule has 0 bridgehead atoms. The number of thioether (sulfide) groups is 1. The minimum Gasteiger partial charge on any atom is -0.316 e. The highest BCUT2D eigenvalue weighted by atomic mass is 32.2. The first-order valence-corrected chi connectivity index (χ1v) is 8.74. The van der Waals surface area contributed by atoms with Gasteiger partial charge in [0.2, 0.25) is 0 Å². The minimum absolute atomic E-state index is 0.599. The number of hydrogen-bond donors (Lipinski definition) is 1. The van der Waals surface area contributed by atoms with E-state index in [1.165, 1.54) is 22.4 Å². The van der Waals surface area contributed by atoms with Crippen molar-refractivity contribution in [3.63, 3.8) is 0 Å². The highest BCUT2D eigenvalue weighted by Crippen LogP contribution is 2.26. The van der Waals surface area contributed by atoms with Crippen LogP contribution >= 0.6 is 11.8 Å². The molecule has 0 amide bonds. The maximum atomic E-state index is 3.51. The van der Waals surface area contributed by atoms with Crippen LogP contribution in [0.2, 0.25) is 0 Å². The number of aryl methyl sites for hydroxylation is 1. The summed E-state index contributed by atoms with van der Waals surface area (Å²) >= 11 is 1.95. The molecule has 0 spiro atoms. The molecule has 0 radical (unpaired) electrons. The normalized spacial score (nSPS) is 12.3. The maximum Gasteiger partial charge on any atom is 0.00719 e.